The van der Waals surface area contributed by atoms with Gasteiger partial charge in [-0.1, -0.05) is 59.5 Å². The number of aryl methyl sites for hydroxylation is 2. The third-order valence-corrected chi connectivity index (χ3v) is 9.40. The number of amides is 1. The Labute approximate surface area is 236 Å². The van der Waals surface area contributed by atoms with Gasteiger partial charge >= 0.3 is 0 Å². The molecule has 1 heterocycles. The van der Waals surface area contributed by atoms with Crippen molar-refractivity contribution in [2.45, 2.75) is 28.8 Å². The molecule has 1 aromatic heterocycles. The number of anilines is 2. The second kappa shape index (κ2) is 12.5. The number of sulfonamides is 1. The maximum atomic E-state index is 13.9. The maximum absolute atomic E-state index is 13.9. The molecule has 0 saturated heterocycles. The number of methoxy groups -OCH3 is 2. The first-order valence-corrected chi connectivity index (χ1v) is 15.1. The van der Waals surface area contributed by atoms with Crippen molar-refractivity contribution in [1.29, 1.82) is 0 Å². The highest BCUT2D eigenvalue weighted by atomic mass is 32.2. The standard InChI is InChI=1S/C27H28N4O5S3/c1-18-12-19(2)14-21(13-18)31(39(33,34)22-10-11-23(35-3)24(15-22)36-4)16-25(32)28-26-29-30-27(38-26)37-17-20-8-6-5-7-9-20/h5-15H,16-17H2,1-4H3,(H,28,29,32). The molecule has 0 spiro atoms. The summed E-state index contributed by atoms with van der Waals surface area (Å²) in [6.45, 7) is 3.27. The van der Waals surface area contributed by atoms with E-state index in [2.05, 4.69) is 15.5 Å². The van der Waals surface area contributed by atoms with Crippen LogP contribution in [-0.4, -0.2) is 45.3 Å². The number of carbonyl (C=O) groups excluding carboxylic acids is 1. The third kappa shape index (κ3) is 7.08. The lowest BCUT2D eigenvalue weighted by molar-refractivity contribution is -0.114. The van der Waals surface area contributed by atoms with Crippen molar-refractivity contribution in [1.82, 2.24) is 10.2 Å². The Balaban J connectivity index is 1.57. The van der Waals surface area contributed by atoms with Crippen molar-refractivity contribution in [2.24, 2.45) is 0 Å². The van der Waals surface area contributed by atoms with Crippen LogP contribution < -0.4 is 19.1 Å². The number of aromatic nitrogens is 2. The zero-order valence-electron chi connectivity index (χ0n) is 21.9. The zero-order valence-corrected chi connectivity index (χ0v) is 24.3. The van der Waals surface area contributed by atoms with Gasteiger partial charge in [-0.3, -0.25) is 14.4 Å². The van der Waals surface area contributed by atoms with Crippen LogP contribution in [-0.2, 0) is 20.6 Å². The van der Waals surface area contributed by atoms with E-state index < -0.39 is 22.5 Å². The fourth-order valence-corrected chi connectivity index (χ4v) is 6.99. The van der Waals surface area contributed by atoms with Gasteiger partial charge in [0.15, 0.2) is 15.8 Å². The van der Waals surface area contributed by atoms with Crippen LogP contribution in [0.15, 0.2) is 76.0 Å². The maximum Gasteiger partial charge on any atom is 0.264 e. The largest absolute Gasteiger partial charge is 0.493 e. The SMILES string of the molecule is COc1ccc(S(=O)(=O)N(CC(=O)Nc2nnc(SCc3ccccc3)s2)c2cc(C)cc(C)c2)cc1OC. The molecule has 0 atom stereocenters. The van der Waals surface area contributed by atoms with Crippen LogP contribution in [0.5, 0.6) is 11.5 Å². The van der Waals surface area contributed by atoms with E-state index in [0.29, 0.717) is 26.7 Å². The Morgan fingerprint density at radius 1 is 0.949 bits per heavy atom. The Bertz CT molecular complexity index is 1540. The van der Waals surface area contributed by atoms with Crippen LogP contribution >= 0.6 is 23.1 Å². The minimum absolute atomic E-state index is 0.0392. The molecule has 39 heavy (non-hydrogen) atoms. The van der Waals surface area contributed by atoms with E-state index in [0.717, 1.165) is 21.0 Å². The molecule has 12 heteroatoms. The molecule has 0 saturated carbocycles. The fraction of sp³-hybridized carbons (Fsp3) is 0.222. The second-order valence-electron chi connectivity index (χ2n) is 8.57. The van der Waals surface area contributed by atoms with E-state index in [4.69, 9.17) is 9.47 Å². The Kier molecular flexibility index (Phi) is 9.10. The topological polar surface area (TPSA) is 111 Å². The average molecular weight is 585 g/mol. The molecule has 1 amide bonds. The minimum atomic E-state index is -4.17. The number of thioether (sulfide) groups is 1. The summed E-state index contributed by atoms with van der Waals surface area (Å²) >= 11 is 2.74. The van der Waals surface area contributed by atoms with E-state index in [1.807, 2.05) is 50.2 Å². The average Bonchev–Trinajstić information content (AvgIpc) is 3.37. The lowest BCUT2D eigenvalue weighted by Crippen LogP contribution is -2.38. The van der Waals surface area contributed by atoms with Gasteiger partial charge in [-0.05, 0) is 54.8 Å². The van der Waals surface area contributed by atoms with Crippen molar-refractivity contribution in [3.05, 3.63) is 83.4 Å². The first-order chi connectivity index (χ1) is 18.7. The van der Waals surface area contributed by atoms with E-state index >= 15 is 0 Å². The third-order valence-electron chi connectivity index (χ3n) is 5.58. The second-order valence-corrected chi connectivity index (χ2v) is 12.6. The highest BCUT2D eigenvalue weighted by molar-refractivity contribution is 8.00. The molecule has 3 aromatic carbocycles. The molecule has 1 N–H and O–H groups in total. The van der Waals surface area contributed by atoms with Gasteiger partial charge in [0.05, 0.1) is 24.8 Å². The number of carbonyl (C=O) groups is 1. The first kappa shape index (κ1) is 28.4. The summed E-state index contributed by atoms with van der Waals surface area (Å²) in [6, 6.07) is 19.6. The molecule has 0 radical (unpaired) electrons. The van der Waals surface area contributed by atoms with Gasteiger partial charge in [-0.25, -0.2) is 8.42 Å². The number of rotatable bonds is 11. The summed E-state index contributed by atoms with van der Waals surface area (Å²) < 4.78 is 40.0. The Morgan fingerprint density at radius 3 is 2.31 bits per heavy atom. The van der Waals surface area contributed by atoms with Crippen LogP contribution in [0.2, 0.25) is 0 Å². The summed E-state index contributed by atoms with van der Waals surface area (Å²) in [4.78, 5) is 13.1. The van der Waals surface area contributed by atoms with Crippen LogP contribution in [0.3, 0.4) is 0 Å². The first-order valence-electron chi connectivity index (χ1n) is 11.8. The predicted octanol–water partition coefficient (Wildman–Crippen LogP) is 5.30. The lowest BCUT2D eigenvalue weighted by Gasteiger charge is -2.25. The van der Waals surface area contributed by atoms with E-state index in [1.165, 1.54) is 55.5 Å². The van der Waals surface area contributed by atoms with Crippen molar-refractivity contribution in [3.8, 4) is 11.5 Å². The molecule has 0 aliphatic carbocycles. The minimum Gasteiger partial charge on any atom is -0.493 e. The van der Waals surface area contributed by atoms with Crippen molar-refractivity contribution in [2.75, 3.05) is 30.4 Å². The highest BCUT2D eigenvalue weighted by Crippen LogP contribution is 2.33. The van der Waals surface area contributed by atoms with E-state index in [9.17, 15) is 13.2 Å². The summed E-state index contributed by atoms with van der Waals surface area (Å²) in [5.41, 5.74) is 3.24. The molecule has 4 rings (SSSR count). The molecule has 4 aromatic rings. The number of nitrogens with one attached hydrogen (secondary N) is 1. The van der Waals surface area contributed by atoms with Gasteiger partial charge in [0.25, 0.3) is 10.0 Å². The van der Waals surface area contributed by atoms with Crippen molar-refractivity contribution < 1.29 is 22.7 Å². The summed E-state index contributed by atoms with van der Waals surface area (Å²) in [5.74, 6) is 0.823. The van der Waals surface area contributed by atoms with Gasteiger partial charge < -0.3 is 9.47 Å². The van der Waals surface area contributed by atoms with Gasteiger partial charge in [-0.15, -0.1) is 10.2 Å². The van der Waals surface area contributed by atoms with Gasteiger partial charge in [-0.2, -0.15) is 0 Å². The fourth-order valence-electron chi connectivity index (χ4n) is 3.84. The van der Waals surface area contributed by atoms with E-state index in [-0.39, 0.29) is 10.6 Å². The molecule has 0 unspecified atom stereocenters. The van der Waals surface area contributed by atoms with E-state index in [1.54, 1.807) is 12.1 Å². The van der Waals surface area contributed by atoms with Crippen molar-refractivity contribution >= 4 is 49.8 Å². The molecule has 204 valence electrons. The predicted molar refractivity (Wildman–Crippen MR) is 155 cm³/mol. The van der Waals surface area contributed by atoms with Crippen LogP contribution in [0.1, 0.15) is 16.7 Å². The molecule has 0 aliphatic rings. The van der Waals surface area contributed by atoms with Crippen LogP contribution in [0.4, 0.5) is 10.8 Å². The lowest BCUT2D eigenvalue weighted by atomic mass is 10.1. The van der Waals surface area contributed by atoms with Gasteiger partial charge in [0, 0.05) is 11.8 Å². The molecule has 0 aliphatic heterocycles. The van der Waals surface area contributed by atoms with Gasteiger partial charge in [0.2, 0.25) is 11.0 Å². The zero-order chi connectivity index (χ0) is 28.0. The number of benzene rings is 3. The molecular formula is C27H28N4O5S3. The summed E-state index contributed by atoms with van der Waals surface area (Å²) in [5, 5.41) is 11.2. The smallest absolute Gasteiger partial charge is 0.264 e. The Hall–Kier alpha value is -3.61. The molecule has 0 fully saturated rings. The monoisotopic (exact) mass is 584 g/mol. The molecule has 0 bridgehead atoms. The Morgan fingerprint density at radius 2 is 1.64 bits per heavy atom. The van der Waals surface area contributed by atoms with Crippen molar-refractivity contribution in [3.63, 3.8) is 0 Å². The number of hydrogen-bond acceptors (Lipinski definition) is 9. The van der Waals surface area contributed by atoms with Gasteiger partial charge in [0.1, 0.15) is 6.54 Å². The molecular weight excluding hydrogens is 557 g/mol. The van der Waals surface area contributed by atoms with Crippen LogP contribution in [0, 0.1) is 13.8 Å². The summed E-state index contributed by atoms with van der Waals surface area (Å²) in [6.07, 6.45) is 0. The number of hydrogen-bond donors (Lipinski definition) is 1. The summed E-state index contributed by atoms with van der Waals surface area (Å²) in [7, 11) is -1.27. The molecule has 9 nitrogen and oxygen atoms in total. The normalized spacial score (nSPS) is 11.2. The quantitative estimate of drug-likeness (QED) is 0.187. The highest BCUT2D eigenvalue weighted by Gasteiger charge is 2.29. The number of ether oxygens (including phenoxy) is 2. The number of nitrogens with zero attached hydrogens (tertiary/aromatic N) is 3. The van der Waals surface area contributed by atoms with Crippen LogP contribution in [0.25, 0.3) is 0 Å².